The summed E-state index contributed by atoms with van der Waals surface area (Å²) >= 11 is 0. The van der Waals surface area contributed by atoms with Crippen molar-refractivity contribution in [2.45, 2.75) is 58.5 Å². The molecule has 0 radical (unpaired) electrons. The van der Waals surface area contributed by atoms with E-state index in [0.29, 0.717) is 6.61 Å². The molecule has 0 fully saturated rings. The highest BCUT2D eigenvalue weighted by molar-refractivity contribution is 5.72. The molecule has 140 valence electrons. The lowest BCUT2D eigenvalue weighted by atomic mass is 10.2. The Kier molecular flexibility index (Phi) is 9.65. The number of benzene rings is 1. The molecule has 25 heavy (non-hydrogen) atoms. The maximum Gasteiger partial charge on any atom is 0.306 e. The third kappa shape index (κ3) is 8.56. The lowest BCUT2D eigenvalue weighted by Gasteiger charge is -2.07. The molecule has 0 spiro atoms. The van der Waals surface area contributed by atoms with Crippen LogP contribution in [-0.4, -0.2) is 18.5 Å². The van der Waals surface area contributed by atoms with Crippen LogP contribution in [0, 0.1) is 17.5 Å². The summed E-state index contributed by atoms with van der Waals surface area (Å²) in [6, 6.07) is 1.53. The summed E-state index contributed by atoms with van der Waals surface area (Å²) in [4.78, 5) is 23.0. The highest BCUT2D eigenvalue weighted by Gasteiger charge is 2.12. The van der Waals surface area contributed by atoms with Crippen molar-refractivity contribution in [2.75, 3.05) is 6.61 Å². The zero-order valence-corrected chi connectivity index (χ0v) is 14.3. The Balaban J connectivity index is 2.17. The fourth-order valence-electron chi connectivity index (χ4n) is 2.09. The van der Waals surface area contributed by atoms with Gasteiger partial charge in [0.25, 0.3) is 0 Å². The molecule has 7 heteroatoms. The Morgan fingerprint density at radius 2 is 1.48 bits per heavy atom. The molecule has 0 unspecified atom stereocenters. The molecule has 0 atom stereocenters. The van der Waals surface area contributed by atoms with Crippen LogP contribution in [0.25, 0.3) is 0 Å². The number of unbranched alkanes of at least 4 members (excludes halogenated alkanes) is 3. The van der Waals surface area contributed by atoms with Gasteiger partial charge in [-0.1, -0.05) is 26.2 Å². The molecule has 1 aromatic rings. The molecular weight excluding hydrogens is 337 g/mol. The molecule has 0 aliphatic carbocycles. The first-order valence-electron chi connectivity index (χ1n) is 8.38. The molecule has 4 nitrogen and oxygen atoms in total. The minimum absolute atomic E-state index is 0.0104. The van der Waals surface area contributed by atoms with Crippen LogP contribution in [0.15, 0.2) is 12.1 Å². The van der Waals surface area contributed by atoms with E-state index >= 15 is 0 Å². The van der Waals surface area contributed by atoms with Gasteiger partial charge in [-0.25, -0.2) is 13.2 Å². The first kappa shape index (κ1) is 21.0. The molecule has 0 aromatic heterocycles. The SMILES string of the molecule is CCCCCCOC(=O)CCCC(=O)OCc1cc(F)c(F)c(F)c1. The topological polar surface area (TPSA) is 52.6 Å². The molecule has 0 N–H and O–H groups in total. The van der Waals surface area contributed by atoms with Crippen LogP contribution < -0.4 is 0 Å². The van der Waals surface area contributed by atoms with Gasteiger partial charge in [-0.2, -0.15) is 0 Å². The first-order chi connectivity index (χ1) is 11.9. The van der Waals surface area contributed by atoms with E-state index in [-0.39, 0.29) is 37.4 Å². The number of rotatable bonds is 11. The summed E-state index contributed by atoms with van der Waals surface area (Å²) in [5, 5.41) is 0. The van der Waals surface area contributed by atoms with E-state index in [0.717, 1.165) is 37.8 Å². The monoisotopic (exact) mass is 360 g/mol. The molecule has 1 rings (SSSR count). The van der Waals surface area contributed by atoms with E-state index in [1.54, 1.807) is 0 Å². The second-order valence-electron chi connectivity index (χ2n) is 5.67. The van der Waals surface area contributed by atoms with Crippen LogP contribution in [0.2, 0.25) is 0 Å². The number of ether oxygens (including phenoxy) is 2. The highest BCUT2D eigenvalue weighted by atomic mass is 19.2. The van der Waals surface area contributed by atoms with Crippen LogP contribution in [-0.2, 0) is 25.7 Å². The average molecular weight is 360 g/mol. The van der Waals surface area contributed by atoms with Crippen LogP contribution in [0.4, 0.5) is 13.2 Å². The summed E-state index contributed by atoms with van der Waals surface area (Å²) in [5.41, 5.74) is 0.0104. The molecule has 0 heterocycles. The molecule has 0 aliphatic heterocycles. The molecule has 0 saturated heterocycles. The van der Waals surface area contributed by atoms with Gasteiger partial charge in [0.15, 0.2) is 17.5 Å². The number of hydrogen-bond donors (Lipinski definition) is 0. The normalized spacial score (nSPS) is 10.6. The number of carbonyl (C=O) groups is 2. The largest absolute Gasteiger partial charge is 0.466 e. The summed E-state index contributed by atoms with van der Waals surface area (Å²) in [6.45, 7) is 2.11. The third-order valence-electron chi connectivity index (χ3n) is 3.47. The lowest BCUT2D eigenvalue weighted by molar-refractivity contribution is -0.146. The molecule has 0 bridgehead atoms. The van der Waals surface area contributed by atoms with Crippen molar-refractivity contribution in [3.05, 3.63) is 35.1 Å². The lowest BCUT2D eigenvalue weighted by Crippen LogP contribution is -2.09. The quantitative estimate of drug-likeness (QED) is 0.333. The minimum atomic E-state index is -1.57. The summed E-state index contributed by atoms with van der Waals surface area (Å²) in [6.07, 6.45) is 4.39. The number of carbonyl (C=O) groups excluding carboxylic acids is 2. The predicted molar refractivity (Wildman–Crippen MR) is 85.1 cm³/mol. The van der Waals surface area contributed by atoms with Gasteiger partial charge in [-0.15, -0.1) is 0 Å². The van der Waals surface area contributed by atoms with Crippen LogP contribution in [0.3, 0.4) is 0 Å². The first-order valence-corrected chi connectivity index (χ1v) is 8.38. The van der Waals surface area contributed by atoms with Crippen molar-refractivity contribution >= 4 is 11.9 Å². The fourth-order valence-corrected chi connectivity index (χ4v) is 2.09. The van der Waals surface area contributed by atoms with Gasteiger partial charge in [0, 0.05) is 12.8 Å². The Labute approximate surface area is 145 Å². The Bertz CT molecular complexity index is 552. The van der Waals surface area contributed by atoms with Gasteiger partial charge in [0.05, 0.1) is 6.61 Å². The predicted octanol–water partition coefficient (Wildman–Crippen LogP) is 4.44. The van der Waals surface area contributed by atoms with Gasteiger partial charge in [0.2, 0.25) is 0 Å². The highest BCUT2D eigenvalue weighted by Crippen LogP contribution is 2.14. The van der Waals surface area contributed by atoms with Crippen LogP contribution in [0.1, 0.15) is 57.4 Å². The van der Waals surface area contributed by atoms with Crippen molar-refractivity contribution in [1.29, 1.82) is 0 Å². The van der Waals surface area contributed by atoms with E-state index in [9.17, 15) is 22.8 Å². The molecule has 0 saturated carbocycles. The number of esters is 2. The molecule has 1 aromatic carbocycles. The average Bonchev–Trinajstić information content (AvgIpc) is 2.57. The van der Waals surface area contributed by atoms with E-state index in [1.807, 2.05) is 0 Å². The van der Waals surface area contributed by atoms with E-state index < -0.39 is 23.4 Å². The van der Waals surface area contributed by atoms with Crippen molar-refractivity contribution in [1.82, 2.24) is 0 Å². The minimum Gasteiger partial charge on any atom is -0.466 e. The Morgan fingerprint density at radius 1 is 0.880 bits per heavy atom. The van der Waals surface area contributed by atoms with Crippen LogP contribution >= 0.6 is 0 Å². The summed E-state index contributed by atoms with van der Waals surface area (Å²) < 4.78 is 48.7. The van der Waals surface area contributed by atoms with Crippen molar-refractivity contribution in [2.24, 2.45) is 0 Å². The second-order valence-corrected chi connectivity index (χ2v) is 5.67. The maximum atomic E-state index is 13.0. The fraction of sp³-hybridized carbons (Fsp3) is 0.556. The molecule has 0 aliphatic rings. The van der Waals surface area contributed by atoms with Crippen molar-refractivity contribution in [3.8, 4) is 0 Å². The van der Waals surface area contributed by atoms with Gasteiger partial charge in [0.1, 0.15) is 6.61 Å². The third-order valence-corrected chi connectivity index (χ3v) is 3.47. The molecule has 0 amide bonds. The van der Waals surface area contributed by atoms with Gasteiger partial charge < -0.3 is 9.47 Å². The van der Waals surface area contributed by atoms with Crippen molar-refractivity contribution < 1.29 is 32.2 Å². The van der Waals surface area contributed by atoms with Gasteiger partial charge in [-0.3, -0.25) is 9.59 Å². The van der Waals surface area contributed by atoms with Crippen molar-refractivity contribution in [3.63, 3.8) is 0 Å². The Morgan fingerprint density at radius 3 is 2.08 bits per heavy atom. The Hall–Kier alpha value is -2.05. The second kappa shape index (κ2) is 11.5. The molecular formula is C18H23F3O4. The number of hydrogen-bond acceptors (Lipinski definition) is 4. The van der Waals surface area contributed by atoms with Gasteiger partial charge in [-0.05, 0) is 30.5 Å². The van der Waals surface area contributed by atoms with E-state index in [4.69, 9.17) is 9.47 Å². The zero-order valence-electron chi connectivity index (χ0n) is 14.3. The smallest absolute Gasteiger partial charge is 0.306 e. The standard InChI is InChI=1S/C18H23F3O4/c1-2-3-4-5-9-24-16(22)7-6-8-17(23)25-12-13-10-14(19)18(21)15(20)11-13/h10-11H,2-9,12H2,1H3. The van der Waals surface area contributed by atoms with Gasteiger partial charge >= 0.3 is 11.9 Å². The number of halogens is 3. The maximum absolute atomic E-state index is 13.0. The summed E-state index contributed by atoms with van der Waals surface area (Å²) in [5.74, 6) is -5.23. The zero-order chi connectivity index (χ0) is 18.7. The summed E-state index contributed by atoms with van der Waals surface area (Å²) in [7, 11) is 0. The van der Waals surface area contributed by atoms with E-state index in [2.05, 4.69) is 6.92 Å². The van der Waals surface area contributed by atoms with Crippen LogP contribution in [0.5, 0.6) is 0 Å². The van der Waals surface area contributed by atoms with E-state index in [1.165, 1.54) is 0 Å².